The van der Waals surface area contributed by atoms with Gasteiger partial charge in [-0.25, -0.2) is 0 Å². The van der Waals surface area contributed by atoms with Gasteiger partial charge in [0.1, 0.15) is 0 Å². The molecule has 0 spiro atoms. The summed E-state index contributed by atoms with van der Waals surface area (Å²) < 4.78 is 0. The molecule has 0 aromatic rings. The number of hydrogen-bond donors (Lipinski definition) is 1. The Morgan fingerprint density at radius 3 is 2.63 bits per heavy atom. The molecule has 3 nitrogen and oxygen atoms in total. The van der Waals surface area contributed by atoms with Gasteiger partial charge in [-0.2, -0.15) is 0 Å². The first-order chi connectivity index (χ1) is 9.06. The summed E-state index contributed by atoms with van der Waals surface area (Å²) in [6, 6.07) is 0. The Balaban J connectivity index is 1.80. The highest BCUT2D eigenvalue weighted by Crippen LogP contribution is 2.32. The van der Waals surface area contributed by atoms with Gasteiger partial charge in [0, 0.05) is 13.0 Å². The number of allylic oxidation sites excluding steroid dienone is 1. The van der Waals surface area contributed by atoms with Crippen molar-refractivity contribution in [2.75, 3.05) is 19.6 Å². The van der Waals surface area contributed by atoms with Crippen LogP contribution in [0.5, 0.6) is 0 Å². The van der Waals surface area contributed by atoms with Crippen LogP contribution in [0.3, 0.4) is 0 Å². The predicted octanol–water partition coefficient (Wildman–Crippen LogP) is 2.57. The molecule has 0 aromatic heterocycles. The second-order valence-corrected chi connectivity index (χ2v) is 6.52. The normalized spacial score (nSPS) is 30.1. The first-order valence-electron chi connectivity index (χ1n) is 7.73. The maximum atomic E-state index is 11.0. The third kappa shape index (κ3) is 4.07. The minimum absolute atomic E-state index is 0.141. The molecule has 2 N–H and O–H groups in total. The molecule has 1 aliphatic carbocycles. The topological polar surface area (TPSA) is 46.3 Å². The molecule has 108 valence electrons. The van der Waals surface area contributed by atoms with Crippen molar-refractivity contribution >= 4 is 5.91 Å². The predicted molar refractivity (Wildman–Crippen MR) is 78.6 cm³/mol. The van der Waals surface area contributed by atoms with E-state index < -0.39 is 0 Å². The van der Waals surface area contributed by atoms with Gasteiger partial charge in [-0.05, 0) is 63.5 Å². The first-order valence-corrected chi connectivity index (χ1v) is 7.73. The lowest BCUT2D eigenvalue weighted by Crippen LogP contribution is -2.40. The maximum absolute atomic E-state index is 11.0. The minimum atomic E-state index is -0.141. The fraction of sp³-hybridized carbons (Fsp3) is 0.812. The highest BCUT2D eigenvalue weighted by atomic mass is 16.1. The van der Waals surface area contributed by atoms with E-state index >= 15 is 0 Å². The maximum Gasteiger partial charge on any atom is 0.217 e. The summed E-state index contributed by atoms with van der Waals surface area (Å²) >= 11 is 0. The van der Waals surface area contributed by atoms with E-state index in [1.165, 1.54) is 19.4 Å². The van der Waals surface area contributed by atoms with Crippen LogP contribution in [0.4, 0.5) is 0 Å². The van der Waals surface area contributed by atoms with Gasteiger partial charge in [-0.3, -0.25) is 4.79 Å². The van der Waals surface area contributed by atoms with E-state index in [1.807, 2.05) is 0 Å². The molecule has 1 amide bonds. The summed E-state index contributed by atoms with van der Waals surface area (Å²) in [5.41, 5.74) is 6.87. The number of nitrogens with two attached hydrogens (primary N) is 1. The number of amides is 1. The monoisotopic (exact) mass is 264 g/mol. The number of hydrogen-bond acceptors (Lipinski definition) is 2. The molecule has 0 aromatic carbocycles. The van der Waals surface area contributed by atoms with Crippen LogP contribution in [0.1, 0.15) is 46.0 Å². The van der Waals surface area contributed by atoms with Crippen LogP contribution >= 0.6 is 0 Å². The van der Waals surface area contributed by atoms with Gasteiger partial charge in [0.05, 0.1) is 0 Å². The van der Waals surface area contributed by atoms with Crippen LogP contribution in [-0.4, -0.2) is 30.4 Å². The molecule has 1 heterocycles. The Kier molecular flexibility index (Phi) is 5.03. The molecule has 0 bridgehead atoms. The van der Waals surface area contributed by atoms with E-state index in [9.17, 15) is 4.79 Å². The molecule has 2 atom stereocenters. The van der Waals surface area contributed by atoms with Crippen molar-refractivity contribution in [1.82, 2.24) is 4.90 Å². The van der Waals surface area contributed by atoms with Crippen molar-refractivity contribution in [2.24, 2.45) is 23.5 Å². The van der Waals surface area contributed by atoms with Crippen LogP contribution < -0.4 is 5.73 Å². The zero-order chi connectivity index (χ0) is 13.8. The first kappa shape index (κ1) is 14.6. The Morgan fingerprint density at radius 1 is 1.37 bits per heavy atom. The zero-order valence-electron chi connectivity index (χ0n) is 12.4. The highest BCUT2D eigenvalue weighted by Gasteiger charge is 2.27. The summed E-state index contributed by atoms with van der Waals surface area (Å²) in [6.45, 7) is 8.15. The Labute approximate surface area is 117 Å². The minimum Gasteiger partial charge on any atom is -0.370 e. The molecule has 0 radical (unpaired) electrons. The Bertz CT molecular complexity index is 343. The van der Waals surface area contributed by atoms with Gasteiger partial charge in [-0.1, -0.05) is 18.6 Å². The van der Waals surface area contributed by atoms with Crippen molar-refractivity contribution in [2.45, 2.75) is 46.0 Å². The van der Waals surface area contributed by atoms with Gasteiger partial charge in [0.25, 0.3) is 0 Å². The number of likely N-dealkylation sites (tertiary alicyclic amines) is 1. The molecule has 0 unspecified atom stereocenters. The summed E-state index contributed by atoms with van der Waals surface area (Å²) in [6.07, 6.45) is 7.85. The summed E-state index contributed by atoms with van der Waals surface area (Å²) in [4.78, 5) is 13.5. The van der Waals surface area contributed by atoms with Crippen molar-refractivity contribution in [3.8, 4) is 0 Å². The van der Waals surface area contributed by atoms with Crippen LogP contribution in [0.2, 0.25) is 0 Å². The van der Waals surface area contributed by atoms with E-state index in [-0.39, 0.29) is 5.91 Å². The average molecular weight is 264 g/mol. The molecular formula is C16H28N2O. The SMILES string of the molecule is CC1=CCC[C@H](C)[C@@H]1CN1CCC(CC(N)=O)CC1. The number of nitrogens with zero attached hydrogens (tertiary/aromatic N) is 1. The van der Waals surface area contributed by atoms with Gasteiger partial charge in [-0.15, -0.1) is 0 Å². The van der Waals surface area contributed by atoms with Gasteiger partial charge >= 0.3 is 0 Å². The Morgan fingerprint density at radius 2 is 2.05 bits per heavy atom. The lowest BCUT2D eigenvalue weighted by molar-refractivity contribution is -0.119. The van der Waals surface area contributed by atoms with Crippen LogP contribution in [-0.2, 0) is 4.79 Å². The lowest BCUT2D eigenvalue weighted by atomic mass is 9.79. The third-order valence-electron chi connectivity index (χ3n) is 5.01. The fourth-order valence-electron chi connectivity index (χ4n) is 3.64. The molecule has 2 aliphatic rings. The quantitative estimate of drug-likeness (QED) is 0.793. The highest BCUT2D eigenvalue weighted by molar-refractivity contribution is 5.73. The summed E-state index contributed by atoms with van der Waals surface area (Å²) in [5.74, 6) is 1.93. The summed E-state index contributed by atoms with van der Waals surface area (Å²) in [7, 11) is 0. The second kappa shape index (κ2) is 6.56. The van der Waals surface area contributed by atoms with Gasteiger partial charge in [0.15, 0.2) is 0 Å². The Hall–Kier alpha value is -0.830. The average Bonchev–Trinajstić information content (AvgIpc) is 2.35. The van der Waals surface area contributed by atoms with E-state index in [4.69, 9.17) is 5.73 Å². The van der Waals surface area contributed by atoms with Crippen molar-refractivity contribution in [3.63, 3.8) is 0 Å². The molecule has 1 aliphatic heterocycles. The zero-order valence-corrected chi connectivity index (χ0v) is 12.4. The van der Waals surface area contributed by atoms with E-state index in [0.717, 1.165) is 37.8 Å². The van der Waals surface area contributed by atoms with E-state index in [1.54, 1.807) is 5.57 Å². The van der Waals surface area contributed by atoms with E-state index in [0.29, 0.717) is 12.3 Å². The van der Waals surface area contributed by atoms with Crippen LogP contribution in [0.15, 0.2) is 11.6 Å². The number of primary amides is 1. The van der Waals surface area contributed by atoms with Crippen molar-refractivity contribution in [3.05, 3.63) is 11.6 Å². The van der Waals surface area contributed by atoms with Crippen molar-refractivity contribution in [1.29, 1.82) is 0 Å². The fourth-order valence-corrected chi connectivity index (χ4v) is 3.64. The number of carbonyl (C=O) groups is 1. The number of piperidine rings is 1. The lowest BCUT2D eigenvalue weighted by Gasteiger charge is -2.37. The number of rotatable bonds is 4. The van der Waals surface area contributed by atoms with Crippen LogP contribution in [0, 0.1) is 17.8 Å². The molecule has 1 fully saturated rings. The second-order valence-electron chi connectivity index (χ2n) is 6.52. The molecule has 0 saturated carbocycles. The molecule has 3 heteroatoms. The van der Waals surface area contributed by atoms with Gasteiger partial charge < -0.3 is 10.6 Å². The molecule has 2 rings (SSSR count). The smallest absolute Gasteiger partial charge is 0.217 e. The largest absolute Gasteiger partial charge is 0.370 e. The standard InChI is InChI=1S/C16H28N2O/c1-12-4-3-5-13(2)15(12)11-18-8-6-14(7-9-18)10-16(17)19/h4,13-15H,3,5-11H2,1-2H3,(H2,17,19)/t13-,15+/m0/s1. The molecule has 19 heavy (non-hydrogen) atoms. The van der Waals surface area contributed by atoms with Gasteiger partial charge in [0.2, 0.25) is 5.91 Å². The van der Waals surface area contributed by atoms with E-state index in [2.05, 4.69) is 24.8 Å². The number of carbonyl (C=O) groups excluding carboxylic acids is 1. The summed E-state index contributed by atoms with van der Waals surface area (Å²) in [5, 5.41) is 0. The third-order valence-corrected chi connectivity index (χ3v) is 5.01. The molecular weight excluding hydrogens is 236 g/mol. The molecule has 1 saturated heterocycles. The van der Waals surface area contributed by atoms with Crippen molar-refractivity contribution < 1.29 is 4.79 Å². The van der Waals surface area contributed by atoms with Crippen LogP contribution in [0.25, 0.3) is 0 Å².